The Balaban J connectivity index is 1.91. The molecule has 0 bridgehead atoms. The van der Waals surface area contributed by atoms with E-state index >= 15 is 0 Å². The van der Waals surface area contributed by atoms with Crippen molar-refractivity contribution in [3.8, 4) is 0 Å². The van der Waals surface area contributed by atoms with Gasteiger partial charge in [0.15, 0.2) is 0 Å². The lowest BCUT2D eigenvalue weighted by Crippen LogP contribution is -2.32. The number of hydrogen-bond donors (Lipinski definition) is 0. The molecule has 3 nitrogen and oxygen atoms in total. The molecule has 116 valence electrons. The second-order valence-electron chi connectivity index (χ2n) is 7.16. The lowest BCUT2D eigenvalue weighted by atomic mass is 9.99. The largest absolute Gasteiger partial charge is 0.456 e. The van der Waals surface area contributed by atoms with Gasteiger partial charge in [0.1, 0.15) is 5.60 Å². The van der Waals surface area contributed by atoms with E-state index in [0.29, 0.717) is 5.56 Å². The standard InChI is InChI=1S/C18H27NO2/c1-14-9-11-19(12-10-14)13-15-5-7-16(8-6-15)17(20)21-18(2,3)4/h5-8,14H,9-13H2,1-4H3. The molecule has 0 radical (unpaired) electrons. The zero-order valence-corrected chi connectivity index (χ0v) is 13.7. The first kappa shape index (κ1) is 16.0. The Labute approximate surface area is 128 Å². The number of benzene rings is 1. The van der Waals surface area contributed by atoms with Gasteiger partial charge in [-0.15, -0.1) is 0 Å². The van der Waals surface area contributed by atoms with Gasteiger partial charge >= 0.3 is 5.97 Å². The number of ether oxygens (including phenoxy) is 1. The Kier molecular flexibility index (Phi) is 5.04. The summed E-state index contributed by atoms with van der Waals surface area (Å²) in [7, 11) is 0. The van der Waals surface area contributed by atoms with Crippen LogP contribution in [-0.2, 0) is 11.3 Å². The van der Waals surface area contributed by atoms with Crippen molar-refractivity contribution in [3.05, 3.63) is 35.4 Å². The van der Waals surface area contributed by atoms with E-state index < -0.39 is 5.60 Å². The number of esters is 1. The molecule has 2 rings (SSSR count). The van der Waals surface area contributed by atoms with E-state index in [1.165, 1.54) is 31.5 Å². The number of carbonyl (C=O) groups excluding carboxylic acids is 1. The van der Waals surface area contributed by atoms with Crippen molar-refractivity contribution < 1.29 is 9.53 Å². The van der Waals surface area contributed by atoms with Gasteiger partial charge in [-0.05, 0) is 70.3 Å². The maximum atomic E-state index is 12.0. The molecule has 0 unspecified atom stereocenters. The summed E-state index contributed by atoms with van der Waals surface area (Å²) in [6.07, 6.45) is 2.58. The highest BCUT2D eigenvalue weighted by Crippen LogP contribution is 2.19. The molecule has 0 amide bonds. The van der Waals surface area contributed by atoms with E-state index in [9.17, 15) is 4.79 Å². The number of nitrogens with zero attached hydrogens (tertiary/aromatic N) is 1. The molecule has 3 heteroatoms. The van der Waals surface area contributed by atoms with Gasteiger partial charge in [-0.3, -0.25) is 4.90 Å². The Bertz CT molecular complexity index is 465. The molecule has 21 heavy (non-hydrogen) atoms. The first-order valence-electron chi connectivity index (χ1n) is 7.88. The number of hydrogen-bond acceptors (Lipinski definition) is 3. The van der Waals surface area contributed by atoms with Gasteiger partial charge in [0.05, 0.1) is 5.56 Å². The molecular weight excluding hydrogens is 262 g/mol. The molecule has 0 saturated carbocycles. The summed E-state index contributed by atoms with van der Waals surface area (Å²) in [5, 5.41) is 0. The van der Waals surface area contributed by atoms with Crippen molar-refractivity contribution in [1.82, 2.24) is 4.90 Å². The average Bonchev–Trinajstić information content (AvgIpc) is 2.40. The third-order valence-corrected chi connectivity index (χ3v) is 3.87. The maximum absolute atomic E-state index is 12.0. The van der Waals surface area contributed by atoms with E-state index in [0.717, 1.165) is 12.5 Å². The van der Waals surface area contributed by atoms with Crippen molar-refractivity contribution in [2.45, 2.75) is 52.7 Å². The lowest BCUT2D eigenvalue weighted by Gasteiger charge is -2.30. The molecule has 0 aromatic heterocycles. The lowest BCUT2D eigenvalue weighted by molar-refractivity contribution is 0.00695. The van der Waals surface area contributed by atoms with Crippen molar-refractivity contribution >= 4 is 5.97 Å². The number of piperidine rings is 1. The molecule has 1 aromatic carbocycles. The summed E-state index contributed by atoms with van der Waals surface area (Å²) in [5.41, 5.74) is 1.44. The molecule has 1 heterocycles. The van der Waals surface area contributed by atoms with Crippen LogP contribution in [0.25, 0.3) is 0 Å². The number of rotatable bonds is 3. The minimum absolute atomic E-state index is 0.249. The third-order valence-electron chi connectivity index (χ3n) is 3.87. The quantitative estimate of drug-likeness (QED) is 0.791. The Morgan fingerprint density at radius 1 is 1.19 bits per heavy atom. The summed E-state index contributed by atoms with van der Waals surface area (Å²) in [6.45, 7) is 11.3. The SMILES string of the molecule is CC1CCN(Cc2ccc(C(=O)OC(C)(C)C)cc2)CC1. The van der Waals surface area contributed by atoms with Crippen molar-refractivity contribution in [2.75, 3.05) is 13.1 Å². The van der Waals surface area contributed by atoms with Crippen LogP contribution in [0.5, 0.6) is 0 Å². The van der Waals surface area contributed by atoms with Crippen LogP contribution in [0.3, 0.4) is 0 Å². The van der Waals surface area contributed by atoms with Crippen LogP contribution in [0.2, 0.25) is 0 Å². The van der Waals surface area contributed by atoms with E-state index in [1.807, 2.05) is 45.0 Å². The molecular formula is C18H27NO2. The van der Waals surface area contributed by atoms with Crippen LogP contribution < -0.4 is 0 Å². The van der Waals surface area contributed by atoms with E-state index in [2.05, 4.69) is 11.8 Å². The summed E-state index contributed by atoms with van der Waals surface area (Å²) in [5.74, 6) is 0.608. The van der Waals surface area contributed by atoms with E-state index in [-0.39, 0.29) is 5.97 Å². The molecule has 1 aliphatic heterocycles. The van der Waals surface area contributed by atoms with Crippen LogP contribution in [0.1, 0.15) is 56.5 Å². The molecule has 1 aromatic rings. The van der Waals surface area contributed by atoms with Gasteiger partial charge in [-0.25, -0.2) is 4.79 Å². The molecule has 1 fully saturated rings. The predicted molar refractivity (Wildman–Crippen MR) is 85.3 cm³/mol. The molecule has 0 atom stereocenters. The second-order valence-corrected chi connectivity index (χ2v) is 7.16. The first-order valence-corrected chi connectivity index (χ1v) is 7.88. The van der Waals surface area contributed by atoms with Crippen molar-refractivity contribution in [2.24, 2.45) is 5.92 Å². The van der Waals surface area contributed by atoms with Gasteiger partial charge in [0.25, 0.3) is 0 Å². The van der Waals surface area contributed by atoms with Gasteiger partial charge in [-0.1, -0.05) is 19.1 Å². The fourth-order valence-corrected chi connectivity index (χ4v) is 2.56. The summed E-state index contributed by atoms with van der Waals surface area (Å²) < 4.78 is 5.38. The normalized spacial score (nSPS) is 17.7. The highest BCUT2D eigenvalue weighted by molar-refractivity contribution is 5.89. The Morgan fingerprint density at radius 3 is 2.29 bits per heavy atom. The molecule has 0 aliphatic carbocycles. The zero-order chi connectivity index (χ0) is 15.5. The fourth-order valence-electron chi connectivity index (χ4n) is 2.56. The minimum Gasteiger partial charge on any atom is -0.456 e. The summed E-state index contributed by atoms with van der Waals surface area (Å²) in [6, 6.07) is 7.82. The minimum atomic E-state index is -0.444. The van der Waals surface area contributed by atoms with Crippen LogP contribution in [0, 0.1) is 5.92 Å². The fraction of sp³-hybridized carbons (Fsp3) is 0.611. The predicted octanol–water partition coefficient (Wildman–Crippen LogP) is 3.87. The maximum Gasteiger partial charge on any atom is 0.338 e. The molecule has 0 spiro atoms. The Morgan fingerprint density at radius 2 is 1.76 bits per heavy atom. The van der Waals surface area contributed by atoms with Gasteiger partial charge in [0.2, 0.25) is 0 Å². The third kappa shape index (κ3) is 5.16. The van der Waals surface area contributed by atoms with Crippen LogP contribution in [0.4, 0.5) is 0 Å². The zero-order valence-electron chi connectivity index (χ0n) is 13.7. The highest BCUT2D eigenvalue weighted by Gasteiger charge is 2.18. The smallest absolute Gasteiger partial charge is 0.338 e. The highest BCUT2D eigenvalue weighted by atomic mass is 16.6. The van der Waals surface area contributed by atoms with E-state index in [1.54, 1.807) is 0 Å². The number of likely N-dealkylation sites (tertiary alicyclic amines) is 1. The summed E-state index contributed by atoms with van der Waals surface area (Å²) in [4.78, 5) is 14.5. The Hall–Kier alpha value is -1.35. The van der Waals surface area contributed by atoms with Gasteiger partial charge in [-0.2, -0.15) is 0 Å². The van der Waals surface area contributed by atoms with E-state index in [4.69, 9.17) is 4.74 Å². The first-order chi connectivity index (χ1) is 9.83. The van der Waals surface area contributed by atoms with Gasteiger partial charge < -0.3 is 4.74 Å². The monoisotopic (exact) mass is 289 g/mol. The molecule has 1 aliphatic rings. The van der Waals surface area contributed by atoms with Crippen LogP contribution in [-0.4, -0.2) is 29.6 Å². The molecule has 0 N–H and O–H groups in total. The second kappa shape index (κ2) is 6.61. The van der Waals surface area contributed by atoms with Crippen molar-refractivity contribution in [1.29, 1.82) is 0 Å². The topological polar surface area (TPSA) is 29.5 Å². The average molecular weight is 289 g/mol. The van der Waals surface area contributed by atoms with Crippen LogP contribution in [0.15, 0.2) is 24.3 Å². The van der Waals surface area contributed by atoms with Crippen LogP contribution >= 0.6 is 0 Å². The van der Waals surface area contributed by atoms with Gasteiger partial charge in [0, 0.05) is 6.54 Å². The number of carbonyl (C=O) groups is 1. The van der Waals surface area contributed by atoms with Crippen molar-refractivity contribution in [3.63, 3.8) is 0 Å². The summed E-state index contributed by atoms with van der Waals surface area (Å²) >= 11 is 0. The molecule has 1 saturated heterocycles.